The Labute approximate surface area is 114 Å². The summed E-state index contributed by atoms with van der Waals surface area (Å²) < 4.78 is 32.4. The molecule has 1 saturated heterocycles. The molecule has 0 radical (unpaired) electrons. The van der Waals surface area contributed by atoms with Crippen LogP contribution in [0.2, 0.25) is 0 Å². The Hall–Kier alpha value is -0.680. The highest BCUT2D eigenvalue weighted by molar-refractivity contribution is 9.10. The van der Waals surface area contributed by atoms with Crippen molar-refractivity contribution in [2.45, 2.75) is 25.3 Å². The van der Waals surface area contributed by atoms with Crippen molar-refractivity contribution in [2.75, 3.05) is 20.2 Å². The predicted octanol–water partition coefficient (Wildman–Crippen LogP) is 3.69. The molecule has 0 atom stereocenters. The standard InChI is InChI=1S/C13H16BrF2NO/c1-18-12-8-11(14)3-2-10(12)9-17-6-4-13(15,16)5-7-17/h2-3,8H,4-7,9H2,1H3. The van der Waals surface area contributed by atoms with Gasteiger partial charge in [-0.1, -0.05) is 22.0 Å². The van der Waals surface area contributed by atoms with Crippen LogP contribution in [0.5, 0.6) is 5.75 Å². The zero-order valence-electron chi connectivity index (χ0n) is 10.3. The maximum atomic E-state index is 13.1. The van der Waals surface area contributed by atoms with Crippen molar-refractivity contribution in [1.82, 2.24) is 4.90 Å². The minimum absolute atomic E-state index is 0.0498. The van der Waals surface area contributed by atoms with Gasteiger partial charge in [0.05, 0.1) is 7.11 Å². The van der Waals surface area contributed by atoms with Gasteiger partial charge in [0.25, 0.3) is 5.92 Å². The highest BCUT2D eigenvalue weighted by Gasteiger charge is 2.33. The third kappa shape index (κ3) is 3.42. The Morgan fingerprint density at radius 2 is 2.00 bits per heavy atom. The molecular formula is C13H16BrF2NO. The van der Waals surface area contributed by atoms with Gasteiger partial charge in [-0.15, -0.1) is 0 Å². The van der Waals surface area contributed by atoms with E-state index in [2.05, 4.69) is 15.9 Å². The molecule has 0 N–H and O–H groups in total. The number of benzene rings is 1. The molecule has 0 bridgehead atoms. The second kappa shape index (κ2) is 5.53. The van der Waals surface area contributed by atoms with Crippen molar-refractivity contribution < 1.29 is 13.5 Å². The van der Waals surface area contributed by atoms with Crippen LogP contribution in [0.25, 0.3) is 0 Å². The van der Waals surface area contributed by atoms with E-state index in [4.69, 9.17) is 4.74 Å². The number of alkyl halides is 2. The number of halogens is 3. The van der Waals surface area contributed by atoms with Gasteiger partial charge in [-0.25, -0.2) is 8.78 Å². The zero-order chi connectivity index (χ0) is 13.2. The summed E-state index contributed by atoms with van der Waals surface area (Å²) in [6.07, 6.45) is -0.0995. The van der Waals surface area contributed by atoms with Crippen LogP contribution in [-0.2, 0) is 6.54 Å². The Morgan fingerprint density at radius 3 is 2.61 bits per heavy atom. The Kier molecular flexibility index (Phi) is 4.22. The predicted molar refractivity (Wildman–Crippen MR) is 70.2 cm³/mol. The lowest BCUT2D eigenvalue weighted by atomic mass is 10.1. The van der Waals surface area contributed by atoms with Gasteiger partial charge >= 0.3 is 0 Å². The van der Waals surface area contributed by atoms with E-state index in [-0.39, 0.29) is 12.8 Å². The average molecular weight is 320 g/mol. The van der Waals surface area contributed by atoms with E-state index >= 15 is 0 Å². The molecule has 0 spiro atoms. The van der Waals surface area contributed by atoms with E-state index in [0.29, 0.717) is 19.6 Å². The highest BCUT2D eigenvalue weighted by Crippen LogP contribution is 2.30. The Bertz CT molecular complexity index is 415. The first-order valence-electron chi connectivity index (χ1n) is 5.93. The van der Waals surface area contributed by atoms with Crippen molar-refractivity contribution in [2.24, 2.45) is 0 Å². The van der Waals surface area contributed by atoms with Gasteiger partial charge in [-0.3, -0.25) is 4.90 Å². The number of ether oxygens (including phenoxy) is 1. The van der Waals surface area contributed by atoms with E-state index in [1.165, 1.54) is 0 Å². The van der Waals surface area contributed by atoms with E-state index in [9.17, 15) is 8.78 Å². The molecule has 2 nitrogen and oxygen atoms in total. The number of likely N-dealkylation sites (tertiary alicyclic amines) is 1. The van der Waals surface area contributed by atoms with Gasteiger partial charge in [0.15, 0.2) is 0 Å². The molecule has 0 aliphatic carbocycles. The van der Waals surface area contributed by atoms with Crippen LogP contribution >= 0.6 is 15.9 Å². The molecule has 5 heteroatoms. The maximum absolute atomic E-state index is 13.1. The van der Waals surface area contributed by atoms with Crippen LogP contribution in [0.3, 0.4) is 0 Å². The minimum atomic E-state index is -2.49. The molecule has 0 amide bonds. The molecule has 0 aromatic heterocycles. The van der Waals surface area contributed by atoms with Crippen LogP contribution < -0.4 is 4.74 Å². The lowest BCUT2D eigenvalue weighted by molar-refractivity contribution is -0.0567. The van der Waals surface area contributed by atoms with Gasteiger partial charge in [0.2, 0.25) is 0 Å². The molecule has 2 rings (SSSR count). The molecule has 1 aromatic rings. The molecule has 0 unspecified atom stereocenters. The first kappa shape index (κ1) is 13.7. The molecule has 1 aliphatic rings. The normalized spacial score (nSPS) is 19.8. The second-order valence-corrected chi connectivity index (χ2v) is 5.50. The van der Waals surface area contributed by atoms with Crippen molar-refractivity contribution in [1.29, 1.82) is 0 Å². The van der Waals surface area contributed by atoms with Gasteiger partial charge < -0.3 is 4.74 Å². The highest BCUT2D eigenvalue weighted by atomic mass is 79.9. The number of piperidine rings is 1. The van der Waals surface area contributed by atoms with Crippen molar-refractivity contribution in [3.8, 4) is 5.75 Å². The summed E-state index contributed by atoms with van der Waals surface area (Å²) >= 11 is 3.38. The Morgan fingerprint density at radius 1 is 1.33 bits per heavy atom. The van der Waals surface area contributed by atoms with Crippen LogP contribution in [0.15, 0.2) is 22.7 Å². The van der Waals surface area contributed by atoms with Crippen molar-refractivity contribution in [3.05, 3.63) is 28.2 Å². The molecule has 1 aliphatic heterocycles. The summed E-state index contributed by atoms with van der Waals surface area (Å²) in [5.74, 6) is -1.69. The van der Waals surface area contributed by atoms with Crippen LogP contribution in [0.1, 0.15) is 18.4 Å². The van der Waals surface area contributed by atoms with Gasteiger partial charge in [0, 0.05) is 42.5 Å². The molecule has 18 heavy (non-hydrogen) atoms. The van der Waals surface area contributed by atoms with Gasteiger partial charge in [0.1, 0.15) is 5.75 Å². The number of methoxy groups -OCH3 is 1. The SMILES string of the molecule is COc1cc(Br)ccc1CN1CCC(F)(F)CC1. The lowest BCUT2D eigenvalue weighted by Crippen LogP contribution is -2.38. The molecule has 1 aromatic carbocycles. The zero-order valence-corrected chi connectivity index (χ0v) is 11.8. The Balaban J connectivity index is 2.02. The minimum Gasteiger partial charge on any atom is -0.496 e. The summed E-state index contributed by atoms with van der Waals surface area (Å²) in [5, 5.41) is 0. The lowest BCUT2D eigenvalue weighted by Gasteiger charge is -2.31. The number of hydrogen-bond acceptors (Lipinski definition) is 2. The van der Waals surface area contributed by atoms with Crippen LogP contribution in [0.4, 0.5) is 8.78 Å². The molecule has 1 heterocycles. The fourth-order valence-corrected chi connectivity index (χ4v) is 2.47. The fourth-order valence-electron chi connectivity index (χ4n) is 2.13. The third-order valence-corrected chi connectivity index (χ3v) is 3.72. The summed E-state index contributed by atoms with van der Waals surface area (Å²) in [6, 6.07) is 5.81. The summed E-state index contributed by atoms with van der Waals surface area (Å²) in [7, 11) is 1.62. The summed E-state index contributed by atoms with van der Waals surface area (Å²) in [5.41, 5.74) is 1.03. The van der Waals surface area contributed by atoms with E-state index in [1.807, 2.05) is 23.1 Å². The molecule has 0 saturated carbocycles. The quantitative estimate of drug-likeness (QED) is 0.842. The van der Waals surface area contributed by atoms with E-state index in [0.717, 1.165) is 15.8 Å². The van der Waals surface area contributed by atoms with Gasteiger partial charge in [-0.2, -0.15) is 0 Å². The third-order valence-electron chi connectivity index (χ3n) is 3.23. The average Bonchev–Trinajstić information content (AvgIpc) is 2.34. The second-order valence-electron chi connectivity index (χ2n) is 4.59. The molecule has 100 valence electrons. The molecule has 1 fully saturated rings. The number of hydrogen-bond donors (Lipinski definition) is 0. The smallest absolute Gasteiger partial charge is 0.250 e. The van der Waals surface area contributed by atoms with Crippen molar-refractivity contribution >= 4 is 15.9 Å². The van der Waals surface area contributed by atoms with Crippen molar-refractivity contribution in [3.63, 3.8) is 0 Å². The first-order valence-corrected chi connectivity index (χ1v) is 6.72. The van der Waals surface area contributed by atoms with Gasteiger partial charge in [-0.05, 0) is 12.1 Å². The monoisotopic (exact) mass is 319 g/mol. The van der Waals surface area contributed by atoms with Crippen LogP contribution in [0, 0.1) is 0 Å². The molecular weight excluding hydrogens is 304 g/mol. The summed E-state index contributed by atoms with van der Waals surface area (Å²) in [6.45, 7) is 1.53. The number of nitrogens with zero attached hydrogens (tertiary/aromatic N) is 1. The topological polar surface area (TPSA) is 12.5 Å². The first-order chi connectivity index (χ1) is 8.50. The maximum Gasteiger partial charge on any atom is 0.250 e. The fraction of sp³-hybridized carbons (Fsp3) is 0.538. The van der Waals surface area contributed by atoms with Crippen LogP contribution in [-0.4, -0.2) is 31.0 Å². The summed E-state index contributed by atoms with van der Waals surface area (Å²) in [4.78, 5) is 2.04. The largest absolute Gasteiger partial charge is 0.496 e. The van der Waals surface area contributed by atoms with E-state index in [1.54, 1.807) is 7.11 Å². The number of rotatable bonds is 3. The van der Waals surface area contributed by atoms with E-state index < -0.39 is 5.92 Å².